The SMILES string of the molecule is C=CC(=O)Nc1cccc(Nc2nc(Cl)ncc2F)c1.CC. The Balaban J connectivity index is 0.00000116. The van der Waals surface area contributed by atoms with Crippen molar-refractivity contribution >= 4 is 34.7 Å². The number of nitrogens with one attached hydrogen (secondary N) is 2. The first kappa shape index (κ1) is 17.6. The van der Waals surface area contributed by atoms with Crippen molar-refractivity contribution in [1.82, 2.24) is 9.97 Å². The molecule has 1 aromatic heterocycles. The van der Waals surface area contributed by atoms with Crippen molar-refractivity contribution < 1.29 is 9.18 Å². The average Bonchev–Trinajstić information content (AvgIpc) is 2.53. The molecule has 2 N–H and O–H groups in total. The molecule has 2 aromatic rings. The van der Waals surface area contributed by atoms with Crippen LogP contribution in [0.2, 0.25) is 5.28 Å². The Hall–Kier alpha value is -2.47. The number of nitrogens with zero attached hydrogens (tertiary/aromatic N) is 2. The zero-order chi connectivity index (χ0) is 16.5. The highest BCUT2D eigenvalue weighted by Crippen LogP contribution is 2.21. The van der Waals surface area contributed by atoms with Gasteiger partial charge in [-0.05, 0) is 35.9 Å². The lowest BCUT2D eigenvalue weighted by Crippen LogP contribution is -2.07. The third kappa shape index (κ3) is 5.14. The van der Waals surface area contributed by atoms with E-state index in [1.165, 1.54) is 0 Å². The molecule has 1 heterocycles. The molecule has 0 fully saturated rings. The van der Waals surface area contributed by atoms with Crippen molar-refractivity contribution in [2.24, 2.45) is 0 Å². The van der Waals surface area contributed by atoms with Crippen LogP contribution in [-0.2, 0) is 4.79 Å². The first-order valence-corrected chi connectivity index (χ1v) is 6.95. The van der Waals surface area contributed by atoms with Crippen LogP contribution in [0.1, 0.15) is 13.8 Å². The fraction of sp³-hybridized carbons (Fsp3) is 0.133. The summed E-state index contributed by atoms with van der Waals surface area (Å²) in [6.45, 7) is 7.36. The Labute approximate surface area is 133 Å². The second-order valence-corrected chi connectivity index (χ2v) is 4.07. The third-order valence-corrected chi connectivity index (χ3v) is 2.48. The molecule has 0 aliphatic heterocycles. The van der Waals surface area contributed by atoms with Crippen LogP contribution in [0.4, 0.5) is 21.6 Å². The van der Waals surface area contributed by atoms with Crippen molar-refractivity contribution in [2.45, 2.75) is 13.8 Å². The lowest BCUT2D eigenvalue weighted by Gasteiger charge is -2.08. The topological polar surface area (TPSA) is 66.9 Å². The molecule has 1 aromatic carbocycles. The number of rotatable bonds is 4. The number of carbonyl (C=O) groups excluding carboxylic acids is 1. The first-order chi connectivity index (χ1) is 10.6. The maximum Gasteiger partial charge on any atom is 0.247 e. The molecule has 0 bridgehead atoms. The van der Waals surface area contributed by atoms with Gasteiger partial charge in [0.25, 0.3) is 0 Å². The van der Waals surface area contributed by atoms with Crippen molar-refractivity contribution in [3.63, 3.8) is 0 Å². The minimum atomic E-state index is -0.630. The summed E-state index contributed by atoms with van der Waals surface area (Å²) in [4.78, 5) is 18.5. The molecule has 1 amide bonds. The largest absolute Gasteiger partial charge is 0.338 e. The first-order valence-electron chi connectivity index (χ1n) is 6.57. The highest BCUT2D eigenvalue weighted by atomic mass is 35.5. The number of hydrogen-bond acceptors (Lipinski definition) is 4. The fourth-order valence-electron chi connectivity index (χ4n) is 1.44. The van der Waals surface area contributed by atoms with Gasteiger partial charge in [0.15, 0.2) is 11.6 Å². The monoisotopic (exact) mass is 322 g/mol. The predicted molar refractivity (Wildman–Crippen MR) is 86.9 cm³/mol. The van der Waals surface area contributed by atoms with E-state index >= 15 is 0 Å². The van der Waals surface area contributed by atoms with Gasteiger partial charge in [0, 0.05) is 11.4 Å². The van der Waals surface area contributed by atoms with Crippen molar-refractivity contribution in [3.8, 4) is 0 Å². The van der Waals surface area contributed by atoms with E-state index in [9.17, 15) is 9.18 Å². The molecular weight excluding hydrogens is 307 g/mol. The van der Waals surface area contributed by atoms with Crippen LogP contribution < -0.4 is 10.6 Å². The summed E-state index contributed by atoms with van der Waals surface area (Å²) in [5.41, 5.74) is 1.08. The number of benzene rings is 1. The van der Waals surface area contributed by atoms with Crippen molar-refractivity contribution in [2.75, 3.05) is 10.6 Å². The Morgan fingerprint density at radius 3 is 2.73 bits per heavy atom. The van der Waals surface area contributed by atoms with E-state index in [0.717, 1.165) is 12.3 Å². The molecule has 0 radical (unpaired) electrons. The van der Waals surface area contributed by atoms with Crippen LogP contribution in [0, 0.1) is 5.82 Å². The van der Waals surface area contributed by atoms with Gasteiger partial charge in [-0.2, -0.15) is 4.98 Å². The predicted octanol–water partition coefficient (Wildman–Crippen LogP) is 4.16. The third-order valence-electron chi connectivity index (χ3n) is 2.29. The second kappa shape index (κ2) is 8.74. The average molecular weight is 323 g/mol. The Kier molecular flexibility index (Phi) is 6.98. The highest BCUT2D eigenvalue weighted by molar-refractivity contribution is 6.28. The van der Waals surface area contributed by atoms with Crippen LogP contribution in [0.25, 0.3) is 0 Å². The zero-order valence-corrected chi connectivity index (χ0v) is 13.0. The van der Waals surface area contributed by atoms with E-state index in [0.29, 0.717) is 11.4 Å². The molecule has 0 aliphatic carbocycles. The molecule has 0 spiro atoms. The van der Waals surface area contributed by atoms with E-state index in [1.54, 1.807) is 24.3 Å². The molecule has 7 heteroatoms. The van der Waals surface area contributed by atoms with E-state index < -0.39 is 5.82 Å². The van der Waals surface area contributed by atoms with E-state index in [-0.39, 0.29) is 17.0 Å². The second-order valence-electron chi connectivity index (χ2n) is 3.73. The van der Waals surface area contributed by atoms with Crippen LogP contribution in [0.5, 0.6) is 0 Å². The number of halogens is 2. The Morgan fingerprint density at radius 2 is 2.05 bits per heavy atom. The summed E-state index contributed by atoms with van der Waals surface area (Å²) in [7, 11) is 0. The van der Waals surface area contributed by atoms with Crippen LogP contribution in [0.3, 0.4) is 0 Å². The molecule has 0 saturated carbocycles. The quantitative estimate of drug-likeness (QED) is 0.655. The lowest BCUT2D eigenvalue weighted by atomic mass is 10.2. The molecule has 0 atom stereocenters. The number of aromatic nitrogens is 2. The maximum atomic E-state index is 13.5. The minimum absolute atomic E-state index is 0.0443. The normalized spacial score (nSPS) is 9.27. The lowest BCUT2D eigenvalue weighted by molar-refractivity contribution is -0.111. The standard InChI is InChI=1S/C13H10ClFN4O.C2H6/c1-2-11(20)17-8-4-3-5-9(6-8)18-12-10(15)7-16-13(14)19-12;1-2/h2-7H,1H2,(H,17,20)(H,16,18,19);1-2H3. The van der Waals surface area contributed by atoms with E-state index in [1.807, 2.05) is 13.8 Å². The molecule has 0 unspecified atom stereocenters. The molecule has 5 nitrogen and oxygen atoms in total. The summed E-state index contributed by atoms with van der Waals surface area (Å²) >= 11 is 5.60. The summed E-state index contributed by atoms with van der Waals surface area (Å²) in [6, 6.07) is 6.70. The highest BCUT2D eigenvalue weighted by Gasteiger charge is 2.07. The van der Waals surface area contributed by atoms with E-state index in [4.69, 9.17) is 11.6 Å². The molecule has 116 valence electrons. The van der Waals surface area contributed by atoms with Crippen LogP contribution in [-0.4, -0.2) is 15.9 Å². The Bertz CT molecular complexity index is 664. The van der Waals surface area contributed by atoms with Crippen molar-refractivity contribution in [1.29, 1.82) is 0 Å². The van der Waals surface area contributed by atoms with Crippen LogP contribution in [0.15, 0.2) is 43.1 Å². The molecule has 0 aliphatic rings. The molecule has 22 heavy (non-hydrogen) atoms. The van der Waals surface area contributed by atoms with Gasteiger partial charge in [-0.15, -0.1) is 0 Å². The van der Waals surface area contributed by atoms with Gasteiger partial charge in [0.2, 0.25) is 11.2 Å². The maximum absolute atomic E-state index is 13.5. The molecule has 0 saturated heterocycles. The fourth-order valence-corrected chi connectivity index (χ4v) is 1.57. The van der Waals surface area contributed by atoms with Gasteiger partial charge >= 0.3 is 0 Å². The Morgan fingerprint density at radius 1 is 1.36 bits per heavy atom. The summed E-state index contributed by atoms with van der Waals surface area (Å²) in [5, 5.41) is 5.29. The van der Waals surface area contributed by atoms with Crippen molar-refractivity contribution in [3.05, 3.63) is 54.2 Å². The summed E-state index contributed by atoms with van der Waals surface area (Å²) < 4.78 is 13.5. The summed E-state index contributed by atoms with van der Waals surface area (Å²) in [5.74, 6) is -1.01. The minimum Gasteiger partial charge on any atom is -0.338 e. The zero-order valence-electron chi connectivity index (χ0n) is 12.2. The van der Waals surface area contributed by atoms with E-state index in [2.05, 4.69) is 27.2 Å². The van der Waals surface area contributed by atoms with Gasteiger partial charge in [-0.3, -0.25) is 4.79 Å². The summed E-state index contributed by atoms with van der Waals surface area (Å²) in [6.07, 6.45) is 2.13. The molecular formula is C15H16ClFN4O. The van der Waals surface area contributed by atoms with Gasteiger partial charge < -0.3 is 10.6 Å². The number of hydrogen-bond donors (Lipinski definition) is 2. The number of carbonyl (C=O) groups is 1. The van der Waals surface area contributed by atoms with Crippen LogP contribution >= 0.6 is 11.6 Å². The van der Waals surface area contributed by atoms with Gasteiger partial charge in [-0.1, -0.05) is 26.5 Å². The van der Waals surface area contributed by atoms with Gasteiger partial charge in [0.1, 0.15) is 0 Å². The van der Waals surface area contributed by atoms with Gasteiger partial charge in [-0.25, -0.2) is 9.37 Å². The number of amides is 1. The smallest absolute Gasteiger partial charge is 0.247 e. The number of anilines is 3. The molecule has 2 rings (SSSR count). The van der Waals surface area contributed by atoms with Gasteiger partial charge in [0.05, 0.1) is 6.20 Å².